The van der Waals surface area contributed by atoms with E-state index < -0.39 is 0 Å². The summed E-state index contributed by atoms with van der Waals surface area (Å²) in [4.78, 5) is 25.9. The number of allylic oxidation sites excluding steroid dienone is 2. The molecule has 0 aliphatic rings. The van der Waals surface area contributed by atoms with Gasteiger partial charge in [-0.3, -0.25) is 9.36 Å². The van der Waals surface area contributed by atoms with E-state index in [9.17, 15) is 4.79 Å². The summed E-state index contributed by atoms with van der Waals surface area (Å²) in [6.07, 6.45) is 11.6. The number of hydrogen-bond donors (Lipinski definition) is 2. The summed E-state index contributed by atoms with van der Waals surface area (Å²) in [5, 5.41) is 6.42. The number of hydrogen-bond acceptors (Lipinski definition) is 5. The van der Waals surface area contributed by atoms with E-state index in [-0.39, 0.29) is 11.9 Å². The molecule has 0 radical (unpaired) electrons. The van der Waals surface area contributed by atoms with Gasteiger partial charge in [0.15, 0.2) is 0 Å². The van der Waals surface area contributed by atoms with Crippen LogP contribution in [0.15, 0.2) is 103 Å². The van der Waals surface area contributed by atoms with Gasteiger partial charge in [-0.1, -0.05) is 36.9 Å². The normalized spacial score (nSPS) is 12.9. The summed E-state index contributed by atoms with van der Waals surface area (Å²) < 4.78 is 3.86. The van der Waals surface area contributed by atoms with Crippen LogP contribution in [0.5, 0.6) is 0 Å². The summed E-state index contributed by atoms with van der Waals surface area (Å²) in [6.45, 7) is 9.37. The Hall–Kier alpha value is -4.46. The minimum Gasteiger partial charge on any atom is -0.364 e. The van der Waals surface area contributed by atoms with Gasteiger partial charge in [0.2, 0.25) is 0 Å². The second-order valence-electron chi connectivity index (χ2n) is 8.35. The number of benzene rings is 2. The predicted octanol–water partition coefficient (Wildman–Crippen LogP) is 4.70. The maximum atomic E-state index is 12.6. The van der Waals surface area contributed by atoms with E-state index in [1.165, 1.54) is 5.56 Å². The molecule has 1 unspecified atom stereocenters. The van der Waals surface area contributed by atoms with Gasteiger partial charge >= 0.3 is 0 Å². The van der Waals surface area contributed by atoms with Crippen molar-refractivity contribution in [2.24, 2.45) is 4.99 Å². The molecule has 0 aliphatic carbocycles. The van der Waals surface area contributed by atoms with Crippen molar-refractivity contribution in [3.63, 3.8) is 0 Å². The van der Waals surface area contributed by atoms with Crippen molar-refractivity contribution in [2.75, 3.05) is 6.54 Å². The number of nitrogens with one attached hydrogen (secondary N) is 2. The first-order chi connectivity index (χ1) is 17.6. The number of nitrogens with zero attached hydrogens (tertiary/aromatic N) is 5. The molecule has 4 rings (SSSR count). The summed E-state index contributed by atoms with van der Waals surface area (Å²) >= 11 is 0. The molecule has 1 atom stereocenters. The topological polar surface area (TPSA) is 89.1 Å². The first-order valence-corrected chi connectivity index (χ1v) is 12.0. The van der Waals surface area contributed by atoms with Gasteiger partial charge in [0.05, 0.1) is 17.4 Å². The Morgan fingerprint density at radius 3 is 2.75 bits per heavy atom. The lowest BCUT2D eigenvalue weighted by atomic mass is 10.1. The highest BCUT2D eigenvalue weighted by molar-refractivity contribution is 6.02. The third-order valence-corrected chi connectivity index (χ3v) is 5.85. The zero-order chi connectivity index (χ0) is 25.3. The van der Waals surface area contributed by atoms with E-state index in [1.807, 2.05) is 52.6 Å². The first kappa shape index (κ1) is 24.7. The lowest BCUT2D eigenvalue weighted by Gasteiger charge is -2.16. The molecular weight excluding hydrogens is 450 g/mol. The van der Waals surface area contributed by atoms with Crippen LogP contribution in [-0.4, -0.2) is 37.4 Å². The Balaban J connectivity index is 1.45. The summed E-state index contributed by atoms with van der Waals surface area (Å²) in [7, 11) is 0. The van der Waals surface area contributed by atoms with Crippen LogP contribution in [0.1, 0.15) is 42.2 Å². The Morgan fingerprint density at radius 2 is 2.03 bits per heavy atom. The van der Waals surface area contributed by atoms with Crippen LogP contribution < -0.4 is 10.6 Å². The second kappa shape index (κ2) is 11.8. The van der Waals surface area contributed by atoms with E-state index in [1.54, 1.807) is 37.1 Å². The van der Waals surface area contributed by atoms with Gasteiger partial charge < -0.3 is 15.2 Å². The van der Waals surface area contributed by atoms with Crippen LogP contribution in [0.3, 0.4) is 0 Å². The fourth-order valence-corrected chi connectivity index (χ4v) is 3.87. The SMILES string of the molecule is C=C/C(=N\C(=C/C)NC(C)c1ccccc1)n1cnc2cc(C(=O)NCCCn3ccnc3)ccc21. The number of aryl methyl sites for hydroxylation is 1. The van der Waals surface area contributed by atoms with Gasteiger partial charge in [-0.25, -0.2) is 15.0 Å². The number of fused-ring (bicyclic) bond motifs is 1. The maximum Gasteiger partial charge on any atom is 0.251 e. The smallest absolute Gasteiger partial charge is 0.251 e. The number of carbonyl (C=O) groups excluding carboxylic acids is 1. The van der Waals surface area contributed by atoms with Crippen LogP contribution in [0, 0.1) is 0 Å². The molecule has 1 amide bonds. The molecule has 2 N–H and O–H groups in total. The molecule has 36 heavy (non-hydrogen) atoms. The maximum absolute atomic E-state index is 12.6. The highest BCUT2D eigenvalue weighted by Crippen LogP contribution is 2.17. The van der Waals surface area contributed by atoms with E-state index in [0.717, 1.165) is 24.3 Å². The van der Waals surface area contributed by atoms with Gasteiger partial charge in [-0.05, 0) is 56.2 Å². The summed E-state index contributed by atoms with van der Waals surface area (Å²) in [5.74, 6) is 1.25. The van der Waals surface area contributed by atoms with Crippen LogP contribution in [0.2, 0.25) is 0 Å². The molecule has 8 nitrogen and oxygen atoms in total. The van der Waals surface area contributed by atoms with E-state index >= 15 is 0 Å². The average Bonchev–Trinajstić information content (AvgIpc) is 3.59. The number of rotatable bonds is 10. The van der Waals surface area contributed by atoms with Crippen molar-refractivity contribution in [1.29, 1.82) is 0 Å². The van der Waals surface area contributed by atoms with E-state index in [2.05, 4.69) is 46.2 Å². The van der Waals surface area contributed by atoms with E-state index in [4.69, 9.17) is 4.99 Å². The zero-order valence-electron chi connectivity index (χ0n) is 20.6. The number of carbonyl (C=O) groups is 1. The van der Waals surface area contributed by atoms with Gasteiger partial charge in [-0.2, -0.15) is 0 Å². The van der Waals surface area contributed by atoms with Crippen molar-refractivity contribution < 1.29 is 4.79 Å². The number of amides is 1. The van der Waals surface area contributed by atoms with Crippen LogP contribution in [0.4, 0.5) is 0 Å². The summed E-state index contributed by atoms with van der Waals surface area (Å²) in [6, 6.07) is 15.8. The molecule has 0 fully saturated rings. The third-order valence-electron chi connectivity index (χ3n) is 5.85. The number of aliphatic imine (C=N–C) groups is 1. The molecule has 4 aromatic rings. The Morgan fingerprint density at radius 1 is 1.19 bits per heavy atom. The van der Waals surface area contributed by atoms with Gasteiger partial charge in [0.25, 0.3) is 5.91 Å². The number of aromatic nitrogens is 4. The van der Waals surface area contributed by atoms with Crippen LogP contribution >= 0.6 is 0 Å². The fraction of sp³-hybridized carbons (Fsp3) is 0.214. The zero-order valence-corrected chi connectivity index (χ0v) is 20.6. The van der Waals surface area contributed by atoms with Crippen LogP contribution in [-0.2, 0) is 6.54 Å². The standard InChI is InChI=1S/C28H31N7O/c1-4-26(32-21(3)22-10-7-6-8-11-22)33-27(5-2)35-20-31-24-18-23(12-13-25(24)35)28(36)30-14-9-16-34-17-15-29-19-34/h4-8,10-13,15,17-21,32H,2,9,14,16H2,1,3H3,(H,30,36)/b26-4-,33-27+. The molecule has 0 aliphatic heterocycles. The molecule has 8 heteroatoms. The number of imidazole rings is 2. The predicted molar refractivity (Wildman–Crippen MR) is 144 cm³/mol. The minimum absolute atomic E-state index is 0.0905. The van der Waals surface area contributed by atoms with E-state index in [0.29, 0.717) is 23.5 Å². The molecular formula is C28H31N7O. The van der Waals surface area contributed by atoms with Gasteiger partial charge in [-0.15, -0.1) is 0 Å². The molecule has 2 aromatic heterocycles. The third kappa shape index (κ3) is 5.96. The van der Waals surface area contributed by atoms with Crippen molar-refractivity contribution in [1.82, 2.24) is 29.7 Å². The molecule has 0 saturated carbocycles. The lowest BCUT2D eigenvalue weighted by Crippen LogP contribution is -2.25. The molecule has 2 aromatic carbocycles. The second-order valence-corrected chi connectivity index (χ2v) is 8.35. The Labute approximate surface area is 211 Å². The van der Waals surface area contributed by atoms with Crippen molar-refractivity contribution in [2.45, 2.75) is 32.9 Å². The van der Waals surface area contributed by atoms with Crippen molar-refractivity contribution in [3.8, 4) is 0 Å². The molecule has 0 saturated heterocycles. The fourth-order valence-electron chi connectivity index (χ4n) is 3.87. The molecule has 184 valence electrons. The molecule has 2 heterocycles. The van der Waals surface area contributed by atoms with Crippen molar-refractivity contribution >= 4 is 22.8 Å². The highest BCUT2D eigenvalue weighted by Gasteiger charge is 2.12. The minimum atomic E-state index is -0.120. The van der Waals surface area contributed by atoms with Gasteiger partial charge in [0, 0.05) is 37.1 Å². The summed E-state index contributed by atoms with van der Waals surface area (Å²) in [5.41, 5.74) is 3.30. The van der Waals surface area contributed by atoms with Gasteiger partial charge in [0.1, 0.15) is 18.0 Å². The Bertz CT molecular complexity index is 1370. The highest BCUT2D eigenvalue weighted by atomic mass is 16.1. The van der Waals surface area contributed by atoms with Crippen molar-refractivity contribution in [3.05, 3.63) is 109 Å². The monoisotopic (exact) mass is 481 g/mol. The average molecular weight is 482 g/mol. The largest absolute Gasteiger partial charge is 0.364 e. The lowest BCUT2D eigenvalue weighted by molar-refractivity contribution is 0.0953. The van der Waals surface area contributed by atoms with Crippen LogP contribution in [0.25, 0.3) is 11.0 Å². The molecule has 0 bridgehead atoms. The Kier molecular flexibility index (Phi) is 8.08. The quantitative estimate of drug-likeness (QED) is 0.195. The molecule has 0 spiro atoms. The first-order valence-electron chi connectivity index (χ1n) is 12.0.